The van der Waals surface area contributed by atoms with Gasteiger partial charge in [0.25, 0.3) is 0 Å². The van der Waals surface area contributed by atoms with Crippen molar-refractivity contribution in [2.24, 2.45) is 0 Å². The zero-order valence-electron chi connectivity index (χ0n) is 14.7. The van der Waals surface area contributed by atoms with Crippen molar-refractivity contribution in [3.63, 3.8) is 0 Å². The van der Waals surface area contributed by atoms with Gasteiger partial charge in [0.1, 0.15) is 11.3 Å². The maximum Gasteiger partial charge on any atom is 0.347 e. The number of aryl methyl sites for hydroxylation is 2. The molecule has 6 heteroatoms. The molecule has 0 saturated carbocycles. The molecule has 26 heavy (non-hydrogen) atoms. The number of hydrogen-bond donors (Lipinski definition) is 0. The van der Waals surface area contributed by atoms with Crippen LogP contribution in [-0.4, -0.2) is 23.0 Å². The summed E-state index contributed by atoms with van der Waals surface area (Å²) >= 11 is 0. The van der Waals surface area contributed by atoms with E-state index >= 15 is 0 Å². The van der Waals surface area contributed by atoms with Gasteiger partial charge in [-0.2, -0.15) is 0 Å². The van der Waals surface area contributed by atoms with Gasteiger partial charge < -0.3 is 9.47 Å². The molecule has 0 amide bonds. The van der Waals surface area contributed by atoms with Crippen LogP contribution in [0.3, 0.4) is 0 Å². The second-order valence-corrected chi connectivity index (χ2v) is 6.12. The molecule has 0 unspecified atom stereocenters. The van der Waals surface area contributed by atoms with Gasteiger partial charge in [0, 0.05) is 12.4 Å². The van der Waals surface area contributed by atoms with Crippen LogP contribution >= 0.6 is 0 Å². The molecule has 0 bridgehead atoms. The summed E-state index contributed by atoms with van der Waals surface area (Å²) in [6.45, 7) is 3.78. The Morgan fingerprint density at radius 1 is 1.00 bits per heavy atom. The topological polar surface area (TPSA) is 64.6 Å². The number of nitrogens with zero attached hydrogens (tertiary/aromatic N) is 3. The highest BCUT2D eigenvalue weighted by Crippen LogP contribution is 2.45. The van der Waals surface area contributed by atoms with Crippen molar-refractivity contribution < 1.29 is 14.3 Å². The second-order valence-electron chi connectivity index (χ2n) is 6.12. The lowest BCUT2D eigenvalue weighted by atomic mass is 10.1. The van der Waals surface area contributed by atoms with Crippen LogP contribution in [0.1, 0.15) is 21.5 Å². The molecule has 0 atom stereocenters. The molecule has 1 aromatic carbocycles. The minimum absolute atomic E-state index is 0.381. The second kappa shape index (κ2) is 6.15. The number of hydrogen-bond acceptors (Lipinski definition) is 6. The molecule has 6 nitrogen and oxygen atoms in total. The van der Waals surface area contributed by atoms with Gasteiger partial charge >= 0.3 is 5.97 Å². The van der Waals surface area contributed by atoms with Crippen LogP contribution in [0.4, 0.5) is 17.3 Å². The Kier molecular flexibility index (Phi) is 3.80. The van der Waals surface area contributed by atoms with Gasteiger partial charge in [-0.25, -0.2) is 14.8 Å². The van der Waals surface area contributed by atoms with Crippen LogP contribution in [0.15, 0.2) is 48.8 Å². The van der Waals surface area contributed by atoms with E-state index in [1.54, 1.807) is 36.5 Å². The molecule has 0 radical (unpaired) electrons. The molecule has 3 aromatic rings. The molecule has 1 aliphatic rings. The van der Waals surface area contributed by atoms with E-state index in [1.807, 2.05) is 38.1 Å². The predicted molar refractivity (Wildman–Crippen MR) is 97.7 cm³/mol. The summed E-state index contributed by atoms with van der Waals surface area (Å²) in [5.74, 6) is 1.52. The standard InChI is InChI=1S/C20H17N3O3/c1-12-8-14-18(21-10-12)23(15-6-4-5-7-16(15)25-3)19-17(26-20(14)24)9-13(2)11-22-19/h4-11H,1-3H3. The molecule has 130 valence electrons. The van der Waals surface area contributed by atoms with Crippen molar-refractivity contribution >= 4 is 23.3 Å². The van der Waals surface area contributed by atoms with Crippen molar-refractivity contribution in [2.45, 2.75) is 13.8 Å². The van der Waals surface area contributed by atoms with Crippen LogP contribution in [0, 0.1) is 13.8 Å². The number of benzene rings is 1. The molecule has 0 aliphatic carbocycles. The molecular weight excluding hydrogens is 330 g/mol. The Bertz CT molecular complexity index is 1020. The number of ether oxygens (including phenoxy) is 2. The van der Waals surface area contributed by atoms with E-state index in [2.05, 4.69) is 9.97 Å². The number of aromatic nitrogens is 2. The smallest absolute Gasteiger partial charge is 0.347 e. The first-order valence-corrected chi connectivity index (χ1v) is 8.17. The van der Waals surface area contributed by atoms with Gasteiger partial charge in [-0.15, -0.1) is 0 Å². The number of carbonyl (C=O) groups excluding carboxylic acids is 1. The lowest BCUT2D eigenvalue weighted by molar-refractivity contribution is 0.0738. The fourth-order valence-corrected chi connectivity index (χ4v) is 2.97. The molecule has 1 aliphatic heterocycles. The predicted octanol–water partition coefficient (Wildman–Crippen LogP) is 4.10. The van der Waals surface area contributed by atoms with Gasteiger partial charge in [-0.3, -0.25) is 4.90 Å². The first kappa shape index (κ1) is 16.1. The maximum absolute atomic E-state index is 12.7. The first-order valence-electron chi connectivity index (χ1n) is 8.17. The molecule has 0 saturated heterocycles. The zero-order chi connectivity index (χ0) is 18.3. The molecular formula is C20H17N3O3. The van der Waals surface area contributed by atoms with E-state index in [9.17, 15) is 4.79 Å². The fourth-order valence-electron chi connectivity index (χ4n) is 2.97. The number of rotatable bonds is 2. The average molecular weight is 347 g/mol. The Hall–Kier alpha value is -3.41. The lowest BCUT2D eigenvalue weighted by Crippen LogP contribution is -2.15. The van der Waals surface area contributed by atoms with Crippen molar-refractivity contribution in [3.8, 4) is 11.5 Å². The van der Waals surface area contributed by atoms with E-state index in [0.717, 1.165) is 16.8 Å². The van der Waals surface area contributed by atoms with Gasteiger partial charge in [0.05, 0.1) is 12.8 Å². The summed E-state index contributed by atoms with van der Waals surface area (Å²) < 4.78 is 11.1. The van der Waals surface area contributed by atoms with Gasteiger partial charge in [0.2, 0.25) is 0 Å². The van der Waals surface area contributed by atoms with Gasteiger partial charge in [-0.1, -0.05) is 12.1 Å². The van der Waals surface area contributed by atoms with E-state index in [4.69, 9.17) is 9.47 Å². The SMILES string of the molecule is COc1ccccc1N1c2ncc(C)cc2OC(=O)c2cc(C)cnc21. The number of para-hydroxylation sites is 2. The summed E-state index contributed by atoms with van der Waals surface area (Å²) in [6, 6.07) is 11.1. The number of esters is 1. The quantitative estimate of drug-likeness (QED) is 0.650. The number of fused-ring (bicyclic) bond motifs is 2. The van der Waals surface area contributed by atoms with Crippen LogP contribution < -0.4 is 14.4 Å². The molecule has 4 rings (SSSR count). The summed E-state index contributed by atoms with van der Waals surface area (Å²) in [7, 11) is 1.60. The Balaban J connectivity index is 2.06. The largest absolute Gasteiger partial charge is 0.495 e. The monoisotopic (exact) mass is 347 g/mol. The average Bonchev–Trinajstić information content (AvgIpc) is 2.75. The van der Waals surface area contributed by atoms with Crippen LogP contribution in [0.2, 0.25) is 0 Å². The first-order chi connectivity index (χ1) is 12.6. The number of pyridine rings is 2. The Morgan fingerprint density at radius 2 is 1.69 bits per heavy atom. The highest BCUT2D eigenvalue weighted by atomic mass is 16.5. The lowest BCUT2D eigenvalue weighted by Gasteiger charge is -2.25. The van der Waals surface area contributed by atoms with E-state index < -0.39 is 5.97 Å². The fraction of sp³-hybridized carbons (Fsp3) is 0.150. The van der Waals surface area contributed by atoms with E-state index in [-0.39, 0.29) is 0 Å². The van der Waals surface area contributed by atoms with Gasteiger partial charge in [-0.05, 0) is 49.2 Å². The Morgan fingerprint density at radius 3 is 2.46 bits per heavy atom. The van der Waals surface area contributed by atoms with Crippen LogP contribution in [0.25, 0.3) is 0 Å². The third kappa shape index (κ3) is 2.56. The Labute approximate surface area is 151 Å². The summed E-state index contributed by atoms with van der Waals surface area (Å²) in [5, 5.41) is 0. The number of methoxy groups -OCH3 is 1. The van der Waals surface area contributed by atoms with Crippen molar-refractivity contribution in [3.05, 3.63) is 65.5 Å². The molecule has 0 fully saturated rings. The number of carbonyl (C=O) groups is 1. The maximum atomic E-state index is 12.7. The van der Waals surface area contributed by atoms with Crippen LogP contribution in [-0.2, 0) is 0 Å². The molecule has 0 N–H and O–H groups in total. The normalized spacial score (nSPS) is 12.7. The molecule has 2 aromatic heterocycles. The van der Waals surface area contributed by atoms with Gasteiger partial charge in [0.15, 0.2) is 17.4 Å². The van der Waals surface area contributed by atoms with E-state index in [0.29, 0.717) is 28.7 Å². The van der Waals surface area contributed by atoms with Crippen molar-refractivity contribution in [1.29, 1.82) is 0 Å². The van der Waals surface area contributed by atoms with Crippen molar-refractivity contribution in [1.82, 2.24) is 9.97 Å². The van der Waals surface area contributed by atoms with E-state index in [1.165, 1.54) is 0 Å². The summed E-state index contributed by atoms with van der Waals surface area (Å²) in [5.41, 5.74) is 2.87. The summed E-state index contributed by atoms with van der Waals surface area (Å²) in [6.07, 6.45) is 3.45. The minimum atomic E-state index is -0.456. The highest BCUT2D eigenvalue weighted by molar-refractivity contribution is 6.01. The highest BCUT2D eigenvalue weighted by Gasteiger charge is 2.32. The number of anilines is 3. The molecule has 0 spiro atoms. The van der Waals surface area contributed by atoms with Crippen LogP contribution in [0.5, 0.6) is 11.5 Å². The third-order valence-electron chi connectivity index (χ3n) is 4.15. The zero-order valence-corrected chi connectivity index (χ0v) is 14.7. The molecule has 3 heterocycles. The minimum Gasteiger partial charge on any atom is -0.495 e. The summed E-state index contributed by atoms with van der Waals surface area (Å²) in [4.78, 5) is 23.5. The third-order valence-corrected chi connectivity index (χ3v) is 4.15. The van der Waals surface area contributed by atoms with Crippen molar-refractivity contribution in [2.75, 3.05) is 12.0 Å².